The van der Waals surface area contributed by atoms with Gasteiger partial charge in [0.05, 0.1) is 0 Å². The van der Waals surface area contributed by atoms with Crippen LogP contribution in [0.5, 0.6) is 11.5 Å². The molecule has 0 fully saturated rings. The summed E-state index contributed by atoms with van der Waals surface area (Å²) in [6.45, 7) is 0. The zero-order valence-corrected chi connectivity index (χ0v) is 9.02. The van der Waals surface area contributed by atoms with E-state index >= 15 is 0 Å². The van der Waals surface area contributed by atoms with Crippen molar-refractivity contribution in [2.75, 3.05) is 0 Å². The maximum absolute atomic E-state index is 13.0. The number of phenolic OH excluding ortho intramolecular Hbond substituents is 2. The molecule has 92 valence electrons. The van der Waals surface area contributed by atoms with Gasteiger partial charge in [-0.2, -0.15) is 0 Å². The minimum Gasteiger partial charge on any atom is -0.504 e. The summed E-state index contributed by atoms with van der Waals surface area (Å²) in [5.74, 6) is -3.56. The molecule has 0 aliphatic carbocycles. The van der Waals surface area contributed by atoms with Gasteiger partial charge in [0.2, 0.25) is 0 Å². The van der Waals surface area contributed by atoms with Crippen LogP contribution in [0, 0.1) is 11.6 Å². The van der Waals surface area contributed by atoms with Crippen LogP contribution in [-0.2, 0) is 0 Å². The molecule has 3 nitrogen and oxygen atoms in total. The van der Waals surface area contributed by atoms with E-state index in [9.17, 15) is 18.7 Å². The van der Waals surface area contributed by atoms with Gasteiger partial charge in [-0.05, 0) is 36.4 Å². The molecule has 0 bridgehead atoms. The Hall–Kier alpha value is -2.43. The van der Waals surface area contributed by atoms with Gasteiger partial charge in [-0.1, -0.05) is 0 Å². The maximum atomic E-state index is 13.0. The SMILES string of the molecule is O=C(c1ccc(O)c(O)c1)c1ccc(F)c(F)c1. The number of hydrogen-bond acceptors (Lipinski definition) is 3. The van der Waals surface area contributed by atoms with E-state index in [4.69, 9.17) is 5.11 Å². The quantitative estimate of drug-likeness (QED) is 0.636. The average Bonchev–Trinajstić information content (AvgIpc) is 2.35. The first kappa shape index (κ1) is 12.0. The zero-order chi connectivity index (χ0) is 13.3. The predicted octanol–water partition coefficient (Wildman–Crippen LogP) is 2.61. The summed E-state index contributed by atoms with van der Waals surface area (Å²) < 4.78 is 25.7. The Morgan fingerprint density at radius 1 is 0.833 bits per heavy atom. The Balaban J connectivity index is 2.41. The highest BCUT2D eigenvalue weighted by Gasteiger charge is 2.13. The van der Waals surface area contributed by atoms with Gasteiger partial charge in [-0.25, -0.2) is 8.78 Å². The minimum absolute atomic E-state index is 0.0426. The third kappa shape index (κ3) is 2.15. The predicted molar refractivity (Wildman–Crippen MR) is 59.6 cm³/mol. The molecule has 0 amide bonds. The smallest absolute Gasteiger partial charge is 0.193 e. The molecular weight excluding hydrogens is 242 g/mol. The first-order valence-corrected chi connectivity index (χ1v) is 5.01. The molecule has 0 unspecified atom stereocenters. The Morgan fingerprint density at radius 3 is 2.06 bits per heavy atom. The second-order valence-corrected chi connectivity index (χ2v) is 3.66. The fraction of sp³-hybridized carbons (Fsp3) is 0. The van der Waals surface area contributed by atoms with Crippen molar-refractivity contribution in [3.8, 4) is 11.5 Å². The van der Waals surface area contributed by atoms with Crippen LogP contribution >= 0.6 is 0 Å². The number of phenols is 2. The highest BCUT2D eigenvalue weighted by Crippen LogP contribution is 2.26. The third-order valence-electron chi connectivity index (χ3n) is 2.42. The molecule has 0 spiro atoms. The average molecular weight is 250 g/mol. The highest BCUT2D eigenvalue weighted by atomic mass is 19.2. The lowest BCUT2D eigenvalue weighted by atomic mass is 10.0. The number of hydrogen-bond donors (Lipinski definition) is 2. The Morgan fingerprint density at radius 2 is 1.44 bits per heavy atom. The lowest BCUT2D eigenvalue weighted by Crippen LogP contribution is -2.02. The van der Waals surface area contributed by atoms with Gasteiger partial charge >= 0.3 is 0 Å². The Labute approximate surface area is 101 Å². The summed E-state index contributed by atoms with van der Waals surface area (Å²) in [6, 6.07) is 6.25. The van der Waals surface area contributed by atoms with Crippen molar-refractivity contribution in [2.24, 2.45) is 0 Å². The number of rotatable bonds is 2. The molecule has 0 aromatic heterocycles. The summed E-state index contributed by atoms with van der Waals surface area (Å²) in [6.07, 6.45) is 0. The van der Waals surface area contributed by atoms with Crippen molar-refractivity contribution < 1.29 is 23.8 Å². The lowest BCUT2D eigenvalue weighted by molar-refractivity contribution is 0.103. The van der Waals surface area contributed by atoms with Crippen LogP contribution in [0.1, 0.15) is 15.9 Å². The Bertz CT molecular complexity index is 570. The van der Waals surface area contributed by atoms with E-state index in [1.165, 1.54) is 6.07 Å². The van der Waals surface area contributed by atoms with Crippen LogP contribution in [0.15, 0.2) is 36.4 Å². The highest BCUT2D eigenvalue weighted by molar-refractivity contribution is 6.09. The lowest BCUT2D eigenvalue weighted by Gasteiger charge is -2.03. The summed E-state index contributed by atoms with van der Waals surface area (Å²) in [5, 5.41) is 18.4. The van der Waals surface area contributed by atoms with Gasteiger partial charge in [0.15, 0.2) is 28.9 Å². The molecular formula is C13H8F2O3. The summed E-state index contributed by atoms with van der Waals surface area (Å²) in [5.41, 5.74) is 0.0234. The fourth-order valence-corrected chi connectivity index (χ4v) is 1.47. The zero-order valence-electron chi connectivity index (χ0n) is 9.02. The molecule has 0 saturated carbocycles. The topological polar surface area (TPSA) is 57.5 Å². The van der Waals surface area contributed by atoms with E-state index in [0.29, 0.717) is 0 Å². The molecule has 0 aliphatic heterocycles. The number of carbonyl (C=O) groups is 1. The summed E-state index contributed by atoms with van der Waals surface area (Å²) >= 11 is 0. The molecule has 0 heterocycles. The van der Waals surface area contributed by atoms with Crippen LogP contribution in [0.3, 0.4) is 0 Å². The summed E-state index contributed by atoms with van der Waals surface area (Å²) in [7, 11) is 0. The van der Waals surface area contributed by atoms with Crippen LogP contribution in [0.4, 0.5) is 8.78 Å². The maximum Gasteiger partial charge on any atom is 0.193 e. The standard InChI is InChI=1S/C13H8F2O3/c14-9-3-1-7(5-10(9)15)13(18)8-2-4-11(16)12(17)6-8/h1-6,16-17H. The van der Waals surface area contributed by atoms with Crippen LogP contribution in [-0.4, -0.2) is 16.0 Å². The molecule has 0 aliphatic rings. The van der Waals surface area contributed by atoms with Crippen LogP contribution < -0.4 is 0 Å². The number of carbonyl (C=O) groups excluding carboxylic acids is 1. The van der Waals surface area contributed by atoms with Crippen molar-refractivity contribution in [3.05, 3.63) is 59.2 Å². The van der Waals surface area contributed by atoms with Gasteiger partial charge in [0, 0.05) is 11.1 Å². The molecule has 2 aromatic rings. The van der Waals surface area contributed by atoms with Crippen molar-refractivity contribution in [1.82, 2.24) is 0 Å². The van der Waals surface area contributed by atoms with Gasteiger partial charge in [0.1, 0.15) is 0 Å². The monoisotopic (exact) mass is 250 g/mol. The molecule has 2 N–H and O–H groups in total. The molecule has 18 heavy (non-hydrogen) atoms. The van der Waals surface area contributed by atoms with Gasteiger partial charge in [-0.15, -0.1) is 0 Å². The van der Waals surface area contributed by atoms with Crippen molar-refractivity contribution in [3.63, 3.8) is 0 Å². The number of ketones is 1. The van der Waals surface area contributed by atoms with Gasteiger partial charge in [-0.3, -0.25) is 4.79 Å². The first-order valence-electron chi connectivity index (χ1n) is 5.01. The van der Waals surface area contributed by atoms with E-state index in [1.807, 2.05) is 0 Å². The normalized spacial score (nSPS) is 10.3. The van der Waals surface area contributed by atoms with E-state index < -0.39 is 23.2 Å². The molecule has 0 atom stereocenters. The molecule has 5 heteroatoms. The van der Waals surface area contributed by atoms with Crippen LogP contribution in [0.25, 0.3) is 0 Å². The van der Waals surface area contributed by atoms with Crippen molar-refractivity contribution in [2.45, 2.75) is 0 Å². The van der Waals surface area contributed by atoms with E-state index in [1.54, 1.807) is 0 Å². The first-order chi connectivity index (χ1) is 8.49. The molecule has 0 radical (unpaired) electrons. The third-order valence-corrected chi connectivity index (χ3v) is 2.42. The molecule has 2 aromatic carbocycles. The van der Waals surface area contributed by atoms with E-state index in [0.717, 1.165) is 30.3 Å². The second kappa shape index (κ2) is 4.44. The molecule has 0 saturated heterocycles. The van der Waals surface area contributed by atoms with Gasteiger partial charge in [0.25, 0.3) is 0 Å². The summed E-state index contributed by atoms with van der Waals surface area (Å²) in [4.78, 5) is 11.9. The van der Waals surface area contributed by atoms with Crippen molar-refractivity contribution >= 4 is 5.78 Å². The number of benzene rings is 2. The number of aromatic hydroxyl groups is 2. The van der Waals surface area contributed by atoms with Gasteiger partial charge < -0.3 is 10.2 Å². The fourth-order valence-electron chi connectivity index (χ4n) is 1.47. The van der Waals surface area contributed by atoms with E-state index in [2.05, 4.69) is 0 Å². The second-order valence-electron chi connectivity index (χ2n) is 3.66. The minimum atomic E-state index is -1.12. The molecule has 2 rings (SSSR count). The number of halogens is 2. The van der Waals surface area contributed by atoms with Crippen LogP contribution in [0.2, 0.25) is 0 Å². The van der Waals surface area contributed by atoms with E-state index in [-0.39, 0.29) is 16.9 Å². The van der Waals surface area contributed by atoms with Crippen molar-refractivity contribution in [1.29, 1.82) is 0 Å². The largest absolute Gasteiger partial charge is 0.504 e. The Kier molecular flexibility index (Phi) is 2.97.